The van der Waals surface area contributed by atoms with E-state index in [1.165, 1.54) is 23.7 Å². The topological polar surface area (TPSA) is 0 Å². The van der Waals surface area contributed by atoms with Gasteiger partial charge in [-0.3, -0.25) is 0 Å². The molecule has 0 heterocycles. The lowest BCUT2D eigenvalue weighted by molar-refractivity contribution is 0.467. The van der Waals surface area contributed by atoms with Gasteiger partial charge >= 0.3 is 0 Å². The molecule has 0 spiro atoms. The third kappa shape index (κ3) is 0.741. The summed E-state index contributed by atoms with van der Waals surface area (Å²) in [5.74, 6) is 4.86. The Morgan fingerprint density at radius 2 is 1.20 bits per heavy atom. The molecule has 3 aliphatic carbocycles. The fourth-order valence-electron chi connectivity index (χ4n) is 3.07. The average molecular weight is 136 g/mol. The predicted octanol–water partition coefficient (Wildman–Crippen LogP) is 2.83. The molecule has 0 aromatic heterocycles. The second kappa shape index (κ2) is 1.78. The SMILES string of the molecule is C1CC[C@@H]2C[C@@H]2[C@@H]2C[C@@H]2C1. The predicted molar refractivity (Wildman–Crippen MR) is 41.7 cm³/mol. The lowest BCUT2D eigenvalue weighted by Gasteiger charge is -2.04. The van der Waals surface area contributed by atoms with Crippen molar-refractivity contribution < 1.29 is 0 Å². The molecule has 56 valence electrons. The van der Waals surface area contributed by atoms with E-state index >= 15 is 0 Å². The molecule has 0 saturated heterocycles. The molecular formula is C10H16. The summed E-state index contributed by atoms with van der Waals surface area (Å²) >= 11 is 0. The van der Waals surface area contributed by atoms with Gasteiger partial charge < -0.3 is 0 Å². The Bertz CT molecular complexity index is 132. The quantitative estimate of drug-likeness (QED) is 0.480. The van der Waals surface area contributed by atoms with Gasteiger partial charge in [-0.1, -0.05) is 25.7 Å². The second-order valence-electron chi connectivity index (χ2n) is 4.60. The standard InChI is InChI=1S/C10H16/c1-2-4-8-6-10(8)9-5-7(9)3-1/h7-10H,1-6H2/t7-,8+,9+,10-. The van der Waals surface area contributed by atoms with Crippen molar-refractivity contribution >= 4 is 0 Å². The van der Waals surface area contributed by atoms with Gasteiger partial charge in [0, 0.05) is 0 Å². The first-order chi connectivity index (χ1) is 4.95. The summed E-state index contributed by atoms with van der Waals surface area (Å²) in [5, 5.41) is 0. The van der Waals surface area contributed by atoms with E-state index in [2.05, 4.69) is 0 Å². The maximum Gasteiger partial charge on any atom is -0.0352 e. The van der Waals surface area contributed by atoms with Gasteiger partial charge in [-0.15, -0.1) is 0 Å². The van der Waals surface area contributed by atoms with Crippen molar-refractivity contribution in [1.82, 2.24) is 0 Å². The molecule has 0 aromatic carbocycles. The number of fused-ring (bicyclic) bond motifs is 3. The Labute approximate surface area is 63.0 Å². The van der Waals surface area contributed by atoms with E-state index in [1.807, 2.05) is 0 Å². The van der Waals surface area contributed by atoms with Crippen LogP contribution in [0.2, 0.25) is 0 Å². The normalized spacial score (nSPS) is 57.6. The molecule has 0 nitrogen and oxygen atoms in total. The summed E-state index contributed by atoms with van der Waals surface area (Å²) in [6.07, 6.45) is 9.47. The fourth-order valence-corrected chi connectivity index (χ4v) is 3.07. The Morgan fingerprint density at radius 1 is 0.700 bits per heavy atom. The second-order valence-corrected chi connectivity index (χ2v) is 4.60. The Morgan fingerprint density at radius 3 is 1.70 bits per heavy atom. The van der Waals surface area contributed by atoms with E-state index < -0.39 is 0 Å². The smallest absolute Gasteiger partial charge is 0.0352 e. The molecule has 3 rings (SSSR count). The molecule has 3 saturated carbocycles. The van der Waals surface area contributed by atoms with Crippen LogP contribution in [0, 0.1) is 23.7 Å². The largest absolute Gasteiger partial charge is 0.0530 e. The first kappa shape index (κ1) is 5.62. The van der Waals surface area contributed by atoms with Gasteiger partial charge in [0.05, 0.1) is 0 Å². The number of hydrogen-bond acceptors (Lipinski definition) is 0. The summed E-state index contributed by atoms with van der Waals surface area (Å²) in [4.78, 5) is 0. The van der Waals surface area contributed by atoms with E-state index in [4.69, 9.17) is 0 Å². The first-order valence-corrected chi connectivity index (χ1v) is 4.95. The lowest BCUT2D eigenvalue weighted by atomic mass is 10.0. The van der Waals surface area contributed by atoms with Crippen molar-refractivity contribution in [1.29, 1.82) is 0 Å². The van der Waals surface area contributed by atoms with Gasteiger partial charge in [0.15, 0.2) is 0 Å². The van der Waals surface area contributed by atoms with Gasteiger partial charge in [-0.05, 0) is 36.5 Å². The minimum atomic E-state index is 1.20. The summed E-state index contributed by atoms with van der Waals surface area (Å²) in [5.41, 5.74) is 0. The fraction of sp³-hybridized carbons (Fsp3) is 1.00. The van der Waals surface area contributed by atoms with Crippen LogP contribution in [0.1, 0.15) is 38.5 Å². The maximum atomic E-state index is 1.61. The van der Waals surface area contributed by atoms with E-state index in [1.54, 1.807) is 38.5 Å². The molecular weight excluding hydrogens is 120 g/mol. The van der Waals surface area contributed by atoms with Gasteiger partial charge in [0.25, 0.3) is 0 Å². The van der Waals surface area contributed by atoms with Crippen LogP contribution in [0.4, 0.5) is 0 Å². The van der Waals surface area contributed by atoms with Crippen LogP contribution in [0.25, 0.3) is 0 Å². The molecule has 3 aliphatic rings. The van der Waals surface area contributed by atoms with Crippen LogP contribution in [0.5, 0.6) is 0 Å². The van der Waals surface area contributed by atoms with Crippen LogP contribution in [-0.4, -0.2) is 0 Å². The van der Waals surface area contributed by atoms with Crippen LogP contribution < -0.4 is 0 Å². The summed E-state index contributed by atoms with van der Waals surface area (Å²) < 4.78 is 0. The van der Waals surface area contributed by atoms with Crippen LogP contribution in [-0.2, 0) is 0 Å². The van der Waals surface area contributed by atoms with Crippen molar-refractivity contribution in [2.24, 2.45) is 23.7 Å². The third-order valence-corrected chi connectivity index (χ3v) is 3.90. The molecule has 0 amide bonds. The molecule has 0 aromatic rings. The Balaban J connectivity index is 1.72. The highest BCUT2D eigenvalue weighted by molar-refractivity contribution is 5.02. The molecule has 0 N–H and O–H groups in total. The minimum Gasteiger partial charge on any atom is -0.0530 e. The van der Waals surface area contributed by atoms with E-state index in [0.29, 0.717) is 0 Å². The Kier molecular flexibility index (Phi) is 1.00. The average Bonchev–Trinajstić information content (AvgIpc) is 2.68. The highest BCUT2D eigenvalue weighted by atomic mass is 14.6. The third-order valence-electron chi connectivity index (χ3n) is 3.90. The zero-order chi connectivity index (χ0) is 6.55. The van der Waals surface area contributed by atoms with Crippen molar-refractivity contribution in [3.8, 4) is 0 Å². The van der Waals surface area contributed by atoms with Gasteiger partial charge in [-0.2, -0.15) is 0 Å². The van der Waals surface area contributed by atoms with Crippen LogP contribution in [0.3, 0.4) is 0 Å². The molecule has 10 heavy (non-hydrogen) atoms. The monoisotopic (exact) mass is 136 g/mol. The van der Waals surface area contributed by atoms with E-state index in [9.17, 15) is 0 Å². The zero-order valence-electron chi connectivity index (χ0n) is 6.55. The summed E-state index contributed by atoms with van der Waals surface area (Å²) in [6.45, 7) is 0. The molecule has 0 heteroatoms. The van der Waals surface area contributed by atoms with Gasteiger partial charge in [0.1, 0.15) is 0 Å². The van der Waals surface area contributed by atoms with Crippen molar-refractivity contribution in [3.63, 3.8) is 0 Å². The van der Waals surface area contributed by atoms with Crippen LogP contribution >= 0.6 is 0 Å². The molecule has 0 unspecified atom stereocenters. The maximum absolute atomic E-state index is 1.61. The van der Waals surface area contributed by atoms with Crippen molar-refractivity contribution in [2.75, 3.05) is 0 Å². The highest BCUT2D eigenvalue weighted by Crippen LogP contribution is 2.61. The first-order valence-electron chi connectivity index (χ1n) is 4.95. The highest BCUT2D eigenvalue weighted by Gasteiger charge is 2.53. The molecule has 4 atom stereocenters. The molecule has 0 bridgehead atoms. The number of hydrogen-bond donors (Lipinski definition) is 0. The zero-order valence-corrected chi connectivity index (χ0v) is 6.55. The number of rotatable bonds is 0. The van der Waals surface area contributed by atoms with Gasteiger partial charge in [-0.25, -0.2) is 0 Å². The van der Waals surface area contributed by atoms with Crippen molar-refractivity contribution in [3.05, 3.63) is 0 Å². The van der Waals surface area contributed by atoms with Crippen molar-refractivity contribution in [2.45, 2.75) is 38.5 Å². The molecule has 0 aliphatic heterocycles. The van der Waals surface area contributed by atoms with E-state index in [0.717, 1.165) is 0 Å². The molecule has 3 fully saturated rings. The minimum absolute atomic E-state index is 1.20. The van der Waals surface area contributed by atoms with E-state index in [-0.39, 0.29) is 0 Å². The Hall–Kier alpha value is 0. The lowest BCUT2D eigenvalue weighted by Crippen LogP contribution is -1.94. The van der Waals surface area contributed by atoms with Crippen LogP contribution in [0.15, 0.2) is 0 Å². The molecule has 0 radical (unpaired) electrons. The summed E-state index contributed by atoms with van der Waals surface area (Å²) in [7, 11) is 0. The summed E-state index contributed by atoms with van der Waals surface area (Å²) in [6, 6.07) is 0. The van der Waals surface area contributed by atoms with Gasteiger partial charge in [0.2, 0.25) is 0 Å².